The fraction of sp³-hybridized carbons (Fsp3) is 0.500. The van der Waals surface area contributed by atoms with Gasteiger partial charge >= 0.3 is 0 Å². The summed E-state index contributed by atoms with van der Waals surface area (Å²) in [6, 6.07) is 3.74. The van der Waals surface area contributed by atoms with E-state index in [0.29, 0.717) is 0 Å². The number of furan rings is 1. The second-order valence-corrected chi connectivity index (χ2v) is 2.88. The van der Waals surface area contributed by atoms with Crippen LogP contribution in [0.1, 0.15) is 11.8 Å². The van der Waals surface area contributed by atoms with Crippen LogP contribution in [0.4, 0.5) is 0 Å². The van der Waals surface area contributed by atoms with E-state index in [9.17, 15) is 0 Å². The molecule has 11 heavy (non-hydrogen) atoms. The molecule has 3 nitrogen and oxygen atoms in total. The largest absolute Gasteiger partial charge is 0.468 e. The highest BCUT2D eigenvalue weighted by atomic mass is 16.3. The van der Waals surface area contributed by atoms with Crippen molar-refractivity contribution in [2.45, 2.75) is 6.04 Å². The molecule has 0 saturated carbocycles. The smallest absolute Gasteiger partial charge is 0.121 e. The predicted octanol–water partition coefficient (Wildman–Crippen LogP) is 0.841. The lowest BCUT2D eigenvalue weighted by Gasteiger charge is -2.14. The van der Waals surface area contributed by atoms with E-state index in [-0.39, 0.29) is 6.04 Å². The molecule has 1 heterocycles. The zero-order valence-electron chi connectivity index (χ0n) is 6.95. The normalized spacial score (nSPS) is 13.8. The van der Waals surface area contributed by atoms with Crippen LogP contribution in [0.15, 0.2) is 22.8 Å². The van der Waals surface area contributed by atoms with Crippen LogP contribution in [0.25, 0.3) is 0 Å². The van der Waals surface area contributed by atoms with Crippen molar-refractivity contribution in [1.29, 1.82) is 0 Å². The van der Waals surface area contributed by atoms with Crippen LogP contribution in [0.3, 0.4) is 0 Å². The molecule has 1 atom stereocenters. The quantitative estimate of drug-likeness (QED) is 0.701. The van der Waals surface area contributed by atoms with Crippen LogP contribution in [0, 0.1) is 0 Å². The Kier molecular flexibility index (Phi) is 2.68. The van der Waals surface area contributed by atoms with Crippen LogP contribution >= 0.6 is 0 Å². The van der Waals surface area contributed by atoms with Crippen LogP contribution in [0.2, 0.25) is 0 Å². The number of hydrogen-bond donors (Lipinski definition) is 1. The molecule has 0 aliphatic heterocycles. The molecular weight excluding hydrogens is 140 g/mol. The first-order valence-corrected chi connectivity index (χ1v) is 3.64. The fourth-order valence-corrected chi connectivity index (χ4v) is 0.986. The Hall–Kier alpha value is -0.800. The first kappa shape index (κ1) is 8.30. The Labute approximate surface area is 66.8 Å². The van der Waals surface area contributed by atoms with Gasteiger partial charge in [0.2, 0.25) is 0 Å². The van der Waals surface area contributed by atoms with E-state index >= 15 is 0 Å². The van der Waals surface area contributed by atoms with E-state index in [4.69, 9.17) is 10.2 Å². The molecular formula is C8H14N2O. The van der Waals surface area contributed by atoms with Crippen molar-refractivity contribution < 1.29 is 4.42 Å². The van der Waals surface area contributed by atoms with Crippen molar-refractivity contribution >= 4 is 0 Å². The zero-order chi connectivity index (χ0) is 8.27. The van der Waals surface area contributed by atoms with Crippen molar-refractivity contribution in [2.24, 2.45) is 5.73 Å². The van der Waals surface area contributed by atoms with Gasteiger partial charge < -0.3 is 15.1 Å². The zero-order valence-corrected chi connectivity index (χ0v) is 6.95. The average Bonchev–Trinajstić information content (AvgIpc) is 2.35. The third-order valence-corrected chi connectivity index (χ3v) is 1.47. The minimum absolute atomic E-state index is 0.0139. The Balaban J connectivity index is 2.49. The molecule has 1 aromatic heterocycles. The molecule has 0 amide bonds. The third kappa shape index (κ3) is 2.37. The maximum Gasteiger partial charge on any atom is 0.121 e. The Morgan fingerprint density at radius 2 is 2.36 bits per heavy atom. The van der Waals surface area contributed by atoms with Gasteiger partial charge in [-0.25, -0.2) is 0 Å². The molecule has 3 heteroatoms. The standard InChI is InChI=1S/C8H14N2O/c1-10(2)6-7(9)8-4-3-5-11-8/h3-5,7H,6,9H2,1-2H3/t7-/m1/s1. The Morgan fingerprint density at radius 3 is 2.82 bits per heavy atom. The summed E-state index contributed by atoms with van der Waals surface area (Å²) < 4.78 is 5.14. The molecule has 0 aromatic carbocycles. The van der Waals surface area contributed by atoms with E-state index in [1.807, 2.05) is 31.1 Å². The third-order valence-electron chi connectivity index (χ3n) is 1.47. The lowest BCUT2D eigenvalue weighted by molar-refractivity contribution is 0.345. The first-order valence-electron chi connectivity index (χ1n) is 3.64. The molecule has 0 saturated heterocycles. The predicted molar refractivity (Wildman–Crippen MR) is 44.2 cm³/mol. The molecule has 62 valence electrons. The van der Waals surface area contributed by atoms with Gasteiger partial charge in [0.25, 0.3) is 0 Å². The molecule has 0 radical (unpaired) electrons. The Bertz CT molecular complexity index is 194. The maximum absolute atomic E-state index is 5.80. The summed E-state index contributed by atoms with van der Waals surface area (Å²) in [7, 11) is 3.98. The van der Waals surface area contributed by atoms with E-state index in [2.05, 4.69) is 0 Å². The molecule has 0 spiro atoms. The van der Waals surface area contributed by atoms with Crippen molar-refractivity contribution in [1.82, 2.24) is 4.90 Å². The number of hydrogen-bond acceptors (Lipinski definition) is 3. The van der Waals surface area contributed by atoms with Crippen molar-refractivity contribution in [3.05, 3.63) is 24.2 Å². The van der Waals surface area contributed by atoms with Crippen molar-refractivity contribution in [2.75, 3.05) is 20.6 Å². The minimum atomic E-state index is -0.0139. The summed E-state index contributed by atoms with van der Waals surface area (Å²) in [5, 5.41) is 0. The fourth-order valence-electron chi connectivity index (χ4n) is 0.986. The second-order valence-electron chi connectivity index (χ2n) is 2.88. The van der Waals surface area contributed by atoms with Gasteiger partial charge in [-0.05, 0) is 26.2 Å². The van der Waals surface area contributed by atoms with E-state index in [1.54, 1.807) is 6.26 Å². The van der Waals surface area contributed by atoms with Crippen LogP contribution in [-0.2, 0) is 0 Å². The Morgan fingerprint density at radius 1 is 1.64 bits per heavy atom. The lowest BCUT2D eigenvalue weighted by Crippen LogP contribution is -2.25. The van der Waals surface area contributed by atoms with Crippen molar-refractivity contribution in [3.63, 3.8) is 0 Å². The highest BCUT2D eigenvalue weighted by molar-refractivity contribution is 5.03. The van der Waals surface area contributed by atoms with Crippen LogP contribution < -0.4 is 5.73 Å². The molecule has 2 N–H and O–H groups in total. The van der Waals surface area contributed by atoms with E-state index in [0.717, 1.165) is 12.3 Å². The number of likely N-dealkylation sites (N-methyl/N-ethyl adjacent to an activating group) is 1. The van der Waals surface area contributed by atoms with Crippen molar-refractivity contribution in [3.8, 4) is 0 Å². The summed E-state index contributed by atoms with van der Waals surface area (Å²) in [5.74, 6) is 0.846. The molecule has 0 aliphatic rings. The topological polar surface area (TPSA) is 42.4 Å². The average molecular weight is 154 g/mol. The molecule has 0 fully saturated rings. The summed E-state index contributed by atoms with van der Waals surface area (Å²) in [6.45, 7) is 0.813. The summed E-state index contributed by atoms with van der Waals surface area (Å²) >= 11 is 0. The van der Waals surface area contributed by atoms with Gasteiger partial charge in [0, 0.05) is 6.54 Å². The molecule has 0 unspecified atom stereocenters. The van der Waals surface area contributed by atoms with E-state index < -0.39 is 0 Å². The summed E-state index contributed by atoms with van der Waals surface area (Å²) in [6.07, 6.45) is 1.64. The second kappa shape index (κ2) is 3.55. The lowest BCUT2D eigenvalue weighted by atomic mass is 10.2. The van der Waals surface area contributed by atoms with Gasteiger partial charge in [0.1, 0.15) is 5.76 Å². The van der Waals surface area contributed by atoms with E-state index in [1.165, 1.54) is 0 Å². The SMILES string of the molecule is CN(C)C[C@@H](N)c1ccco1. The monoisotopic (exact) mass is 154 g/mol. The number of nitrogens with zero attached hydrogens (tertiary/aromatic N) is 1. The van der Waals surface area contributed by atoms with Crippen LogP contribution in [-0.4, -0.2) is 25.5 Å². The van der Waals surface area contributed by atoms with Gasteiger partial charge in [-0.1, -0.05) is 0 Å². The summed E-state index contributed by atoms with van der Waals surface area (Å²) in [4.78, 5) is 2.03. The van der Waals surface area contributed by atoms with Crippen LogP contribution in [0.5, 0.6) is 0 Å². The first-order chi connectivity index (χ1) is 5.20. The molecule has 1 rings (SSSR count). The maximum atomic E-state index is 5.80. The minimum Gasteiger partial charge on any atom is -0.468 e. The highest BCUT2D eigenvalue weighted by Gasteiger charge is 2.08. The highest BCUT2D eigenvalue weighted by Crippen LogP contribution is 2.10. The van der Waals surface area contributed by atoms with Gasteiger partial charge in [-0.2, -0.15) is 0 Å². The number of nitrogens with two attached hydrogens (primary N) is 1. The van der Waals surface area contributed by atoms with Gasteiger partial charge in [0.15, 0.2) is 0 Å². The van der Waals surface area contributed by atoms with Gasteiger partial charge in [0.05, 0.1) is 12.3 Å². The number of rotatable bonds is 3. The summed E-state index contributed by atoms with van der Waals surface area (Å²) in [5.41, 5.74) is 5.80. The molecule has 1 aromatic rings. The molecule has 0 aliphatic carbocycles. The van der Waals surface area contributed by atoms with Gasteiger partial charge in [-0.3, -0.25) is 0 Å². The molecule has 0 bridgehead atoms. The van der Waals surface area contributed by atoms with Gasteiger partial charge in [-0.15, -0.1) is 0 Å².